The van der Waals surface area contributed by atoms with E-state index in [0.29, 0.717) is 5.92 Å². The van der Waals surface area contributed by atoms with E-state index in [0.717, 1.165) is 12.8 Å². The van der Waals surface area contributed by atoms with Crippen molar-refractivity contribution in [2.45, 2.75) is 44.6 Å². The standard InChI is InChI=1S/C14H20O/c15-14-10-6-2-5-9-13(14)11-12-7-3-1-4-8-12/h1,3-4,7-8,13-15H,2,5-6,9-11H2/t13-,14-/m0/s1. The Balaban J connectivity index is 1.97. The van der Waals surface area contributed by atoms with Crippen LogP contribution in [0.2, 0.25) is 0 Å². The Bertz CT molecular complexity index is 281. The van der Waals surface area contributed by atoms with Gasteiger partial charge in [-0.3, -0.25) is 0 Å². The highest BCUT2D eigenvalue weighted by atomic mass is 16.3. The smallest absolute Gasteiger partial charge is 0.0571 e. The summed E-state index contributed by atoms with van der Waals surface area (Å²) in [6, 6.07) is 10.5. The summed E-state index contributed by atoms with van der Waals surface area (Å²) in [7, 11) is 0. The monoisotopic (exact) mass is 204 g/mol. The van der Waals surface area contributed by atoms with Gasteiger partial charge in [-0.2, -0.15) is 0 Å². The summed E-state index contributed by atoms with van der Waals surface area (Å²) in [6.07, 6.45) is 6.94. The Hall–Kier alpha value is -0.820. The van der Waals surface area contributed by atoms with Crippen LogP contribution < -0.4 is 0 Å². The van der Waals surface area contributed by atoms with Gasteiger partial charge in [0.05, 0.1) is 6.10 Å². The maximum atomic E-state index is 10.0. The van der Waals surface area contributed by atoms with Crippen molar-refractivity contribution in [1.82, 2.24) is 0 Å². The number of hydrogen-bond donors (Lipinski definition) is 1. The summed E-state index contributed by atoms with van der Waals surface area (Å²) in [5, 5.41) is 10.0. The molecule has 0 aromatic heterocycles. The molecule has 82 valence electrons. The molecular formula is C14H20O. The van der Waals surface area contributed by atoms with Crippen LogP contribution in [0.15, 0.2) is 30.3 Å². The summed E-state index contributed by atoms with van der Waals surface area (Å²) in [5.74, 6) is 0.481. The molecule has 1 heteroatoms. The molecule has 1 saturated carbocycles. The molecule has 1 aliphatic carbocycles. The van der Waals surface area contributed by atoms with Crippen LogP contribution in [-0.2, 0) is 6.42 Å². The highest BCUT2D eigenvalue weighted by Crippen LogP contribution is 2.26. The van der Waals surface area contributed by atoms with Crippen molar-refractivity contribution in [2.24, 2.45) is 5.92 Å². The van der Waals surface area contributed by atoms with Gasteiger partial charge in [-0.15, -0.1) is 0 Å². The molecule has 15 heavy (non-hydrogen) atoms. The molecule has 0 aliphatic heterocycles. The van der Waals surface area contributed by atoms with Crippen LogP contribution >= 0.6 is 0 Å². The van der Waals surface area contributed by atoms with E-state index in [1.54, 1.807) is 0 Å². The van der Waals surface area contributed by atoms with E-state index < -0.39 is 0 Å². The second kappa shape index (κ2) is 5.32. The molecule has 1 aromatic rings. The summed E-state index contributed by atoms with van der Waals surface area (Å²) in [5.41, 5.74) is 1.36. The summed E-state index contributed by atoms with van der Waals surface area (Å²) < 4.78 is 0. The van der Waals surface area contributed by atoms with Gasteiger partial charge < -0.3 is 5.11 Å². The lowest BCUT2D eigenvalue weighted by atomic mass is 9.90. The van der Waals surface area contributed by atoms with Crippen molar-refractivity contribution in [3.63, 3.8) is 0 Å². The molecule has 0 unspecified atom stereocenters. The lowest BCUT2D eigenvalue weighted by Gasteiger charge is -2.20. The third-order valence-electron chi connectivity index (χ3n) is 3.46. The Kier molecular flexibility index (Phi) is 3.79. The van der Waals surface area contributed by atoms with Gasteiger partial charge in [-0.1, -0.05) is 49.6 Å². The van der Waals surface area contributed by atoms with E-state index >= 15 is 0 Å². The Morgan fingerprint density at radius 2 is 1.73 bits per heavy atom. The molecule has 2 rings (SSSR count). The Morgan fingerprint density at radius 1 is 1.00 bits per heavy atom. The third-order valence-corrected chi connectivity index (χ3v) is 3.46. The highest BCUT2D eigenvalue weighted by Gasteiger charge is 2.21. The first-order chi connectivity index (χ1) is 7.36. The van der Waals surface area contributed by atoms with Crippen LogP contribution in [0.3, 0.4) is 0 Å². The number of hydrogen-bond acceptors (Lipinski definition) is 1. The lowest BCUT2D eigenvalue weighted by molar-refractivity contribution is 0.101. The van der Waals surface area contributed by atoms with Crippen LogP contribution in [0.4, 0.5) is 0 Å². The van der Waals surface area contributed by atoms with Gasteiger partial charge in [0.1, 0.15) is 0 Å². The Morgan fingerprint density at radius 3 is 2.53 bits per heavy atom. The topological polar surface area (TPSA) is 20.2 Å². The molecule has 0 bridgehead atoms. The first kappa shape index (κ1) is 10.7. The highest BCUT2D eigenvalue weighted by molar-refractivity contribution is 5.15. The normalized spacial score (nSPS) is 27.3. The van der Waals surface area contributed by atoms with Crippen LogP contribution in [0.25, 0.3) is 0 Å². The van der Waals surface area contributed by atoms with E-state index in [1.807, 2.05) is 6.07 Å². The molecule has 1 nitrogen and oxygen atoms in total. The SMILES string of the molecule is O[C@H]1CCCCC[C@H]1Cc1ccccc1. The zero-order chi connectivity index (χ0) is 10.5. The molecule has 1 aromatic carbocycles. The lowest BCUT2D eigenvalue weighted by Crippen LogP contribution is -2.20. The first-order valence-electron chi connectivity index (χ1n) is 6.08. The van der Waals surface area contributed by atoms with Gasteiger partial charge >= 0.3 is 0 Å². The quantitative estimate of drug-likeness (QED) is 0.734. The fraction of sp³-hybridized carbons (Fsp3) is 0.571. The van der Waals surface area contributed by atoms with E-state index in [4.69, 9.17) is 0 Å². The van der Waals surface area contributed by atoms with Crippen LogP contribution in [0, 0.1) is 5.92 Å². The molecule has 0 amide bonds. The molecular weight excluding hydrogens is 184 g/mol. The van der Waals surface area contributed by atoms with E-state index in [2.05, 4.69) is 24.3 Å². The zero-order valence-corrected chi connectivity index (χ0v) is 9.23. The predicted molar refractivity (Wildman–Crippen MR) is 62.7 cm³/mol. The van der Waals surface area contributed by atoms with Gasteiger partial charge in [-0.25, -0.2) is 0 Å². The minimum Gasteiger partial charge on any atom is -0.393 e. The van der Waals surface area contributed by atoms with Crippen molar-refractivity contribution in [1.29, 1.82) is 0 Å². The summed E-state index contributed by atoms with van der Waals surface area (Å²) in [6.45, 7) is 0. The summed E-state index contributed by atoms with van der Waals surface area (Å²) >= 11 is 0. The molecule has 0 saturated heterocycles. The first-order valence-corrected chi connectivity index (χ1v) is 6.08. The van der Waals surface area contributed by atoms with Gasteiger partial charge in [0.25, 0.3) is 0 Å². The van der Waals surface area contributed by atoms with E-state index in [1.165, 1.54) is 31.2 Å². The number of rotatable bonds is 2. The van der Waals surface area contributed by atoms with Crippen molar-refractivity contribution < 1.29 is 5.11 Å². The minimum atomic E-state index is -0.0762. The third kappa shape index (κ3) is 3.07. The Labute approximate surface area is 92.1 Å². The molecule has 1 N–H and O–H groups in total. The number of aliphatic hydroxyl groups is 1. The second-order valence-electron chi connectivity index (χ2n) is 4.66. The maximum absolute atomic E-state index is 10.0. The molecule has 1 fully saturated rings. The molecule has 1 aliphatic rings. The predicted octanol–water partition coefficient (Wildman–Crippen LogP) is 3.17. The maximum Gasteiger partial charge on any atom is 0.0571 e. The van der Waals surface area contributed by atoms with E-state index in [9.17, 15) is 5.11 Å². The number of benzene rings is 1. The van der Waals surface area contributed by atoms with Gasteiger partial charge in [0, 0.05) is 0 Å². The van der Waals surface area contributed by atoms with Crippen molar-refractivity contribution >= 4 is 0 Å². The van der Waals surface area contributed by atoms with Gasteiger partial charge in [-0.05, 0) is 30.7 Å². The zero-order valence-electron chi connectivity index (χ0n) is 9.23. The fourth-order valence-electron chi connectivity index (χ4n) is 2.52. The second-order valence-corrected chi connectivity index (χ2v) is 4.66. The van der Waals surface area contributed by atoms with Crippen molar-refractivity contribution in [3.05, 3.63) is 35.9 Å². The van der Waals surface area contributed by atoms with Crippen LogP contribution in [0.1, 0.15) is 37.7 Å². The summed E-state index contributed by atoms with van der Waals surface area (Å²) in [4.78, 5) is 0. The fourth-order valence-corrected chi connectivity index (χ4v) is 2.52. The average molecular weight is 204 g/mol. The van der Waals surface area contributed by atoms with Gasteiger partial charge in [0.2, 0.25) is 0 Å². The van der Waals surface area contributed by atoms with E-state index in [-0.39, 0.29) is 6.10 Å². The van der Waals surface area contributed by atoms with Crippen molar-refractivity contribution in [2.75, 3.05) is 0 Å². The molecule has 2 atom stereocenters. The average Bonchev–Trinajstić information content (AvgIpc) is 2.46. The van der Waals surface area contributed by atoms with Crippen LogP contribution in [-0.4, -0.2) is 11.2 Å². The van der Waals surface area contributed by atoms with Crippen molar-refractivity contribution in [3.8, 4) is 0 Å². The van der Waals surface area contributed by atoms with Crippen LogP contribution in [0.5, 0.6) is 0 Å². The molecule has 0 spiro atoms. The minimum absolute atomic E-state index is 0.0762. The molecule has 0 radical (unpaired) electrons. The molecule has 0 heterocycles. The van der Waals surface area contributed by atoms with Gasteiger partial charge in [0.15, 0.2) is 0 Å². The number of aliphatic hydroxyl groups excluding tert-OH is 1. The largest absolute Gasteiger partial charge is 0.393 e.